The van der Waals surface area contributed by atoms with E-state index in [1.165, 1.54) is 3.57 Å². The highest BCUT2D eigenvalue weighted by molar-refractivity contribution is 14.1. The lowest BCUT2D eigenvalue weighted by Crippen LogP contribution is -2.12. The van der Waals surface area contributed by atoms with Gasteiger partial charge in [-0.2, -0.15) is 0 Å². The van der Waals surface area contributed by atoms with Crippen LogP contribution in [0.1, 0.15) is 26.3 Å². The number of halogens is 2. The van der Waals surface area contributed by atoms with Crippen molar-refractivity contribution in [1.82, 2.24) is 0 Å². The third-order valence-corrected chi connectivity index (χ3v) is 3.28. The van der Waals surface area contributed by atoms with Gasteiger partial charge in [-0.3, -0.25) is 0 Å². The molecule has 13 heavy (non-hydrogen) atoms. The molecular weight excluding hydrogens is 390 g/mol. The Labute approximate surface area is 106 Å². The number of rotatable bonds is 0. The molecule has 0 aliphatic carbocycles. The first-order chi connectivity index (χ1) is 5.82. The Hall–Kier alpha value is 0.480. The number of aromatic hydroxyl groups is 1. The van der Waals surface area contributed by atoms with Gasteiger partial charge in [-0.15, -0.1) is 0 Å². The van der Waals surface area contributed by atoms with E-state index in [1.54, 1.807) is 0 Å². The van der Waals surface area contributed by atoms with Crippen molar-refractivity contribution in [1.29, 1.82) is 0 Å². The summed E-state index contributed by atoms with van der Waals surface area (Å²) < 4.78 is 2.10. The summed E-state index contributed by atoms with van der Waals surface area (Å²) in [6.45, 7) is 6.32. The Morgan fingerprint density at radius 2 is 1.69 bits per heavy atom. The first-order valence-corrected chi connectivity index (χ1v) is 6.16. The lowest BCUT2D eigenvalue weighted by Gasteiger charge is -2.21. The predicted molar refractivity (Wildman–Crippen MR) is 72.2 cm³/mol. The van der Waals surface area contributed by atoms with Gasteiger partial charge in [0, 0.05) is 9.13 Å². The summed E-state index contributed by atoms with van der Waals surface area (Å²) in [5, 5.41) is 9.85. The van der Waals surface area contributed by atoms with Crippen LogP contribution in [0, 0.1) is 7.14 Å². The molecule has 0 radical (unpaired) electrons. The van der Waals surface area contributed by atoms with Gasteiger partial charge in [-0.25, -0.2) is 0 Å². The highest BCUT2D eigenvalue weighted by atomic mass is 127. The molecule has 0 saturated carbocycles. The highest BCUT2D eigenvalue weighted by Gasteiger charge is 2.19. The van der Waals surface area contributed by atoms with Gasteiger partial charge in [0.2, 0.25) is 0 Å². The second-order valence-electron chi connectivity index (χ2n) is 4.03. The summed E-state index contributed by atoms with van der Waals surface area (Å²) >= 11 is 4.43. The molecule has 1 aromatic rings. The number of phenols is 1. The van der Waals surface area contributed by atoms with Crippen molar-refractivity contribution < 1.29 is 5.11 Å². The van der Waals surface area contributed by atoms with Gasteiger partial charge >= 0.3 is 0 Å². The summed E-state index contributed by atoms with van der Waals surface area (Å²) in [5.74, 6) is 0.425. The molecule has 1 rings (SSSR count). The standard InChI is InChI=1S/C10H12I2O/c1-10(2,3)7-4-6(11)5-8(12)9(7)13/h4-5,13H,1-3H3. The van der Waals surface area contributed by atoms with Crippen LogP contribution >= 0.6 is 45.2 Å². The van der Waals surface area contributed by atoms with Crippen LogP contribution in [0.15, 0.2) is 12.1 Å². The minimum Gasteiger partial charge on any atom is -0.507 e. The van der Waals surface area contributed by atoms with E-state index in [9.17, 15) is 5.11 Å². The van der Waals surface area contributed by atoms with Gasteiger partial charge in [-0.05, 0) is 62.7 Å². The molecule has 0 heterocycles. The van der Waals surface area contributed by atoms with E-state index in [-0.39, 0.29) is 5.41 Å². The largest absolute Gasteiger partial charge is 0.507 e. The van der Waals surface area contributed by atoms with Gasteiger partial charge in [-0.1, -0.05) is 20.8 Å². The summed E-state index contributed by atoms with van der Waals surface area (Å²) in [4.78, 5) is 0. The van der Waals surface area contributed by atoms with Crippen molar-refractivity contribution >= 4 is 45.2 Å². The SMILES string of the molecule is CC(C)(C)c1cc(I)cc(I)c1O. The molecule has 72 valence electrons. The Morgan fingerprint density at radius 1 is 1.15 bits per heavy atom. The molecule has 0 aliphatic heterocycles. The van der Waals surface area contributed by atoms with Crippen molar-refractivity contribution in [2.24, 2.45) is 0 Å². The zero-order valence-electron chi connectivity index (χ0n) is 7.86. The zero-order valence-corrected chi connectivity index (χ0v) is 12.2. The second-order valence-corrected chi connectivity index (χ2v) is 6.44. The van der Waals surface area contributed by atoms with Crippen LogP contribution in [0.5, 0.6) is 5.75 Å². The van der Waals surface area contributed by atoms with Crippen molar-refractivity contribution in [3.05, 3.63) is 24.8 Å². The fourth-order valence-electron chi connectivity index (χ4n) is 1.14. The van der Waals surface area contributed by atoms with Crippen LogP contribution in [0.2, 0.25) is 0 Å². The maximum absolute atomic E-state index is 9.85. The molecule has 1 N–H and O–H groups in total. The lowest BCUT2D eigenvalue weighted by molar-refractivity contribution is 0.443. The van der Waals surface area contributed by atoms with Gasteiger partial charge in [0.15, 0.2) is 0 Å². The summed E-state index contributed by atoms with van der Waals surface area (Å²) in [7, 11) is 0. The summed E-state index contributed by atoms with van der Waals surface area (Å²) in [6, 6.07) is 4.02. The quantitative estimate of drug-likeness (QED) is 0.653. The third kappa shape index (κ3) is 2.71. The van der Waals surface area contributed by atoms with Crippen LogP contribution in [0.25, 0.3) is 0 Å². The molecule has 0 bridgehead atoms. The number of hydrogen-bond acceptors (Lipinski definition) is 1. The van der Waals surface area contributed by atoms with E-state index in [1.807, 2.05) is 12.1 Å². The van der Waals surface area contributed by atoms with Crippen LogP contribution in [0.3, 0.4) is 0 Å². The van der Waals surface area contributed by atoms with Gasteiger partial charge < -0.3 is 5.11 Å². The van der Waals surface area contributed by atoms with E-state index in [4.69, 9.17) is 0 Å². The molecule has 0 aromatic heterocycles. The van der Waals surface area contributed by atoms with Crippen LogP contribution < -0.4 is 0 Å². The van der Waals surface area contributed by atoms with Crippen LogP contribution in [0.4, 0.5) is 0 Å². The Morgan fingerprint density at radius 3 is 2.15 bits per heavy atom. The average Bonchev–Trinajstić information content (AvgIpc) is 1.94. The number of hydrogen-bond donors (Lipinski definition) is 1. The van der Waals surface area contributed by atoms with Crippen molar-refractivity contribution in [3.8, 4) is 5.75 Å². The highest BCUT2D eigenvalue weighted by Crippen LogP contribution is 2.35. The monoisotopic (exact) mass is 402 g/mol. The van der Waals surface area contributed by atoms with Crippen molar-refractivity contribution in [3.63, 3.8) is 0 Å². The zero-order chi connectivity index (χ0) is 10.2. The first kappa shape index (κ1) is 11.6. The molecule has 0 aliphatic rings. The van der Waals surface area contributed by atoms with E-state index < -0.39 is 0 Å². The Balaban J connectivity index is 3.37. The molecule has 0 fully saturated rings. The number of benzene rings is 1. The second kappa shape index (κ2) is 3.92. The van der Waals surface area contributed by atoms with Gasteiger partial charge in [0.05, 0.1) is 3.57 Å². The molecule has 0 atom stereocenters. The van der Waals surface area contributed by atoms with Crippen LogP contribution in [-0.4, -0.2) is 5.11 Å². The molecule has 3 heteroatoms. The molecule has 0 unspecified atom stereocenters. The maximum atomic E-state index is 9.85. The lowest BCUT2D eigenvalue weighted by atomic mass is 9.86. The van der Waals surface area contributed by atoms with E-state index in [0.29, 0.717) is 5.75 Å². The fraction of sp³-hybridized carbons (Fsp3) is 0.400. The van der Waals surface area contributed by atoms with Gasteiger partial charge in [0.1, 0.15) is 5.75 Å². The number of phenolic OH excluding ortho intramolecular Hbond substituents is 1. The Kier molecular flexibility index (Phi) is 3.49. The average molecular weight is 402 g/mol. The minimum absolute atomic E-state index is 0.00515. The fourth-order valence-corrected chi connectivity index (χ4v) is 2.98. The topological polar surface area (TPSA) is 20.2 Å². The first-order valence-electron chi connectivity index (χ1n) is 4.01. The molecule has 0 saturated heterocycles. The summed E-state index contributed by atoms with van der Waals surface area (Å²) in [6.07, 6.45) is 0. The minimum atomic E-state index is 0.00515. The molecule has 1 aromatic carbocycles. The smallest absolute Gasteiger partial charge is 0.132 e. The normalized spacial score (nSPS) is 11.8. The molecule has 0 spiro atoms. The van der Waals surface area contributed by atoms with E-state index in [0.717, 1.165) is 9.13 Å². The molecular formula is C10H12I2O. The van der Waals surface area contributed by atoms with Crippen molar-refractivity contribution in [2.75, 3.05) is 0 Å². The van der Waals surface area contributed by atoms with Gasteiger partial charge in [0.25, 0.3) is 0 Å². The third-order valence-electron chi connectivity index (χ3n) is 1.84. The summed E-state index contributed by atoms with van der Waals surface area (Å²) in [5.41, 5.74) is 1.02. The van der Waals surface area contributed by atoms with E-state index in [2.05, 4.69) is 66.0 Å². The Bertz CT molecular complexity index is 326. The molecule has 0 amide bonds. The maximum Gasteiger partial charge on any atom is 0.132 e. The predicted octanol–water partition coefficient (Wildman–Crippen LogP) is 3.90. The van der Waals surface area contributed by atoms with E-state index >= 15 is 0 Å². The molecule has 1 nitrogen and oxygen atoms in total. The van der Waals surface area contributed by atoms with Crippen molar-refractivity contribution in [2.45, 2.75) is 26.2 Å². The van der Waals surface area contributed by atoms with Crippen LogP contribution in [-0.2, 0) is 5.41 Å².